The monoisotopic (exact) mass is 293 g/mol. The van der Waals surface area contributed by atoms with Crippen molar-refractivity contribution in [1.29, 1.82) is 0 Å². The molecule has 1 aromatic rings. The van der Waals surface area contributed by atoms with Gasteiger partial charge in [0.15, 0.2) is 5.76 Å². The van der Waals surface area contributed by atoms with Gasteiger partial charge in [0, 0.05) is 19.5 Å². The lowest BCUT2D eigenvalue weighted by Crippen LogP contribution is -2.34. The van der Waals surface area contributed by atoms with Crippen LogP contribution in [0.3, 0.4) is 0 Å². The molecule has 2 amide bonds. The van der Waals surface area contributed by atoms with Crippen LogP contribution in [0.15, 0.2) is 22.8 Å². The van der Waals surface area contributed by atoms with Crippen LogP contribution in [0.1, 0.15) is 36.2 Å². The van der Waals surface area contributed by atoms with E-state index < -0.39 is 0 Å². The number of amides is 2. The summed E-state index contributed by atoms with van der Waals surface area (Å²) in [5.74, 6) is 0.609. The van der Waals surface area contributed by atoms with Gasteiger partial charge in [-0.2, -0.15) is 0 Å². The summed E-state index contributed by atoms with van der Waals surface area (Å²) in [7, 11) is 0. The van der Waals surface area contributed by atoms with Crippen molar-refractivity contribution in [2.24, 2.45) is 5.92 Å². The van der Waals surface area contributed by atoms with E-state index in [1.807, 2.05) is 0 Å². The number of carbonyl (C=O) groups is 2. The second-order valence-electron chi connectivity index (χ2n) is 5.33. The van der Waals surface area contributed by atoms with Gasteiger partial charge in [-0.1, -0.05) is 0 Å². The van der Waals surface area contributed by atoms with Crippen LogP contribution in [0.4, 0.5) is 0 Å². The Morgan fingerprint density at radius 2 is 2.24 bits per heavy atom. The molecule has 0 spiro atoms. The van der Waals surface area contributed by atoms with Crippen molar-refractivity contribution in [2.75, 3.05) is 26.2 Å². The van der Waals surface area contributed by atoms with Gasteiger partial charge in [0.05, 0.1) is 6.26 Å². The molecule has 0 aliphatic carbocycles. The molecule has 0 radical (unpaired) electrons. The highest BCUT2D eigenvalue weighted by atomic mass is 16.3. The minimum Gasteiger partial charge on any atom is -0.459 e. The Hall–Kier alpha value is -1.82. The van der Waals surface area contributed by atoms with Crippen LogP contribution in [0, 0.1) is 5.92 Å². The van der Waals surface area contributed by atoms with Crippen molar-refractivity contribution in [2.45, 2.75) is 25.7 Å². The van der Waals surface area contributed by atoms with Crippen molar-refractivity contribution in [3.8, 4) is 0 Å². The molecule has 1 atom stereocenters. The Bertz CT molecular complexity index is 439. The van der Waals surface area contributed by atoms with Gasteiger partial charge in [-0.05, 0) is 50.4 Å². The van der Waals surface area contributed by atoms with E-state index >= 15 is 0 Å². The Balaban J connectivity index is 1.52. The SMILES string of the molecule is O=C(CCNC(=O)c1ccco1)NCCC1CCCNC1. The summed E-state index contributed by atoms with van der Waals surface area (Å²) in [4.78, 5) is 23.2. The molecule has 1 aliphatic heterocycles. The first-order chi connectivity index (χ1) is 10.3. The molecule has 3 N–H and O–H groups in total. The molecule has 0 bridgehead atoms. The molecule has 6 nitrogen and oxygen atoms in total. The largest absolute Gasteiger partial charge is 0.459 e. The van der Waals surface area contributed by atoms with Gasteiger partial charge in [0.2, 0.25) is 5.91 Å². The van der Waals surface area contributed by atoms with Crippen molar-refractivity contribution in [3.05, 3.63) is 24.2 Å². The molecule has 6 heteroatoms. The Morgan fingerprint density at radius 3 is 2.95 bits per heavy atom. The zero-order valence-corrected chi connectivity index (χ0v) is 12.2. The fraction of sp³-hybridized carbons (Fsp3) is 0.600. The van der Waals surface area contributed by atoms with Crippen LogP contribution in [-0.4, -0.2) is 38.0 Å². The van der Waals surface area contributed by atoms with Crippen molar-refractivity contribution in [3.63, 3.8) is 0 Å². The fourth-order valence-corrected chi connectivity index (χ4v) is 2.46. The summed E-state index contributed by atoms with van der Waals surface area (Å²) in [5.41, 5.74) is 0. The molecule has 116 valence electrons. The molecule has 2 heterocycles. The lowest BCUT2D eigenvalue weighted by Gasteiger charge is -2.22. The van der Waals surface area contributed by atoms with Crippen molar-refractivity contribution < 1.29 is 14.0 Å². The molecule has 2 rings (SSSR count). The quantitative estimate of drug-likeness (QED) is 0.697. The number of hydrogen-bond donors (Lipinski definition) is 3. The smallest absolute Gasteiger partial charge is 0.286 e. The number of nitrogens with one attached hydrogen (secondary N) is 3. The van der Waals surface area contributed by atoms with Crippen LogP contribution in [0.25, 0.3) is 0 Å². The minimum absolute atomic E-state index is 0.0292. The van der Waals surface area contributed by atoms with E-state index in [9.17, 15) is 9.59 Å². The lowest BCUT2D eigenvalue weighted by atomic mass is 9.96. The van der Waals surface area contributed by atoms with E-state index in [4.69, 9.17) is 4.42 Å². The molecular weight excluding hydrogens is 270 g/mol. The zero-order valence-electron chi connectivity index (χ0n) is 12.2. The third-order valence-corrected chi connectivity index (χ3v) is 3.66. The first-order valence-electron chi connectivity index (χ1n) is 7.55. The zero-order chi connectivity index (χ0) is 14.9. The minimum atomic E-state index is -0.291. The summed E-state index contributed by atoms with van der Waals surface area (Å²) < 4.78 is 4.97. The van der Waals surface area contributed by atoms with E-state index in [0.717, 1.165) is 19.5 Å². The van der Waals surface area contributed by atoms with E-state index in [0.29, 0.717) is 19.0 Å². The molecular formula is C15H23N3O3. The molecule has 1 saturated heterocycles. The highest BCUT2D eigenvalue weighted by Gasteiger charge is 2.13. The average molecular weight is 293 g/mol. The molecule has 1 aromatic heterocycles. The van der Waals surface area contributed by atoms with Crippen molar-refractivity contribution in [1.82, 2.24) is 16.0 Å². The lowest BCUT2D eigenvalue weighted by molar-refractivity contribution is -0.121. The van der Waals surface area contributed by atoms with E-state index in [2.05, 4.69) is 16.0 Å². The Labute approximate surface area is 124 Å². The molecule has 1 aliphatic rings. The van der Waals surface area contributed by atoms with Crippen LogP contribution >= 0.6 is 0 Å². The van der Waals surface area contributed by atoms with Gasteiger partial charge in [0.1, 0.15) is 0 Å². The standard InChI is InChI=1S/C15H23N3O3/c19-14(17-8-5-12-3-1-7-16-11-12)6-9-18-15(20)13-4-2-10-21-13/h2,4,10,12,16H,1,3,5-9,11H2,(H,17,19)(H,18,20). The maximum absolute atomic E-state index is 11.7. The first kappa shape index (κ1) is 15.6. The van der Waals surface area contributed by atoms with Crippen LogP contribution in [-0.2, 0) is 4.79 Å². The summed E-state index contributed by atoms with van der Waals surface area (Å²) in [6, 6.07) is 3.25. The maximum Gasteiger partial charge on any atom is 0.286 e. The number of furan rings is 1. The van der Waals surface area contributed by atoms with E-state index in [1.54, 1.807) is 12.1 Å². The fourth-order valence-electron chi connectivity index (χ4n) is 2.46. The number of piperidine rings is 1. The van der Waals surface area contributed by atoms with Crippen LogP contribution in [0.5, 0.6) is 0 Å². The molecule has 0 aromatic carbocycles. The summed E-state index contributed by atoms with van der Waals surface area (Å²) in [5, 5.41) is 8.91. The van der Waals surface area contributed by atoms with Gasteiger partial charge >= 0.3 is 0 Å². The Morgan fingerprint density at radius 1 is 1.33 bits per heavy atom. The molecule has 21 heavy (non-hydrogen) atoms. The molecule has 1 fully saturated rings. The highest BCUT2D eigenvalue weighted by Crippen LogP contribution is 2.12. The average Bonchev–Trinajstić information content (AvgIpc) is 3.02. The van der Waals surface area contributed by atoms with Gasteiger partial charge in [-0.15, -0.1) is 0 Å². The third-order valence-electron chi connectivity index (χ3n) is 3.66. The highest BCUT2D eigenvalue weighted by molar-refractivity contribution is 5.91. The predicted molar refractivity (Wildman–Crippen MR) is 78.9 cm³/mol. The topological polar surface area (TPSA) is 83.4 Å². The molecule has 0 saturated carbocycles. The van der Waals surface area contributed by atoms with Gasteiger partial charge in [-0.25, -0.2) is 0 Å². The Kier molecular flexibility index (Phi) is 6.27. The second-order valence-corrected chi connectivity index (χ2v) is 5.33. The van der Waals surface area contributed by atoms with Crippen LogP contribution in [0.2, 0.25) is 0 Å². The summed E-state index contributed by atoms with van der Waals surface area (Å²) in [6.07, 6.45) is 5.20. The van der Waals surface area contributed by atoms with E-state index in [-0.39, 0.29) is 24.0 Å². The maximum atomic E-state index is 11.7. The summed E-state index contributed by atoms with van der Waals surface area (Å²) >= 11 is 0. The third kappa shape index (κ3) is 5.59. The number of hydrogen-bond acceptors (Lipinski definition) is 4. The second kappa shape index (κ2) is 8.46. The van der Waals surface area contributed by atoms with Gasteiger partial charge < -0.3 is 20.4 Å². The predicted octanol–water partition coefficient (Wildman–Crippen LogP) is 0.905. The first-order valence-corrected chi connectivity index (χ1v) is 7.55. The van der Waals surface area contributed by atoms with Gasteiger partial charge in [-0.3, -0.25) is 9.59 Å². The number of carbonyl (C=O) groups excluding carboxylic acids is 2. The van der Waals surface area contributed by atoms with E-state index in [1.165, 1.54) is 19.1 Å². The number of rotatable bonds is 7. The summed E-state index contributed by atoms with van der Waals surface area (Å²) in [6.45, 7) is 3.18. The van der Waals surface area contributed by atoms with Gasteiger partial charge in [0.25, 0.3) is 5.91 Å². The normalized spacial score (nSPS) is 18.2. The molecule has 1 unspecified atom stereocenters. The van der Waals surface area contributed by atoms with Crippen molar-refractivity contribution >= 4 is 11.8 Å². The van der Waals surface area contributed by atoms with Crippen LogP contribution < -0.4 is 16.0 Å².